The van der Waals surface area contributed by atoms with Gasteiger partial charge in [0.25, 0.3) is 5.91 Å². The monoisotopic (exact) mass is 440 g/mol. The van der Waals surface area contributed by atoms with Crippen LogP contribution in [-0.2, 0) is 4.79 Å². The second kappa shape index (κ2) is 7.45. The highest BCUT2D eigenvalue weighted by atomic mass is 16.4. The van der Waals surface area contributed by atoms with E-state index in [-0.39, 0.29) is 22.9 Å². The van der Waals surface area contributed by atoms with E-state index in [0.717, 1.165) is 0 Å². The molecule has 0 fully saturated rings. The first kappa shape index (κ1) is 20.2. The molecule has 1 aliphatic rings. The normalized spacial score (nSPS) is 14.1. The first-order valence-electron chi connectivity index (χ1n) is 9.97. The first-order chi connectivity index (χ1) is 15.8. The molecular formula is C25H16N2O6. The molecule has 0 spiro atoms. The average Bonchev–Trinajstić information content (AvgIpc) is 3.43. The quantitative estimate of drug-likeness (QED) is 0.489. The van der Waals surface area contributed by atoms with Crippen LogP contribution in [0.5, 0.6) is 5.88 Å². The van der Waals surface area contributed by atoms with Crippen molar-refractivity contribution in [2.45, 2.75) is 6.92 Å². The number of aromatic hydroxyl groups is 1. The molecule has 3 heterocycles. The van der Waals surface area contributed by atoms with Gasteiger partial charge in [0, 0.05) is 23.1 Å². The number of nitrogens with zero attached hydrogens (tertiary/aromatic N) is 2. The molecule has 0 aliphatic carbocycles. The van der Waals surface area contributed by atoms with Gasteiger partial charge in [-0.25, -0.2) is 9.79 Å². The van der Waals surface area contributed by atoms with Gasteiger partial charge >= 0.3 is 5.97 Å². The Kier molecular flexibility index (Phi) is 4.56. The number of aromatic carboxylic acids is 1. The summed E-state index contributed by atoms with van der Waals surface area (Å²) in [6.45, 7) is 1.37. The van der Waals surface area contributed by atoms with Gasteiger partial charge in [-0.15, -0.1) is 0 Å². The van der Waals surface area contributed by atoms with Gasteiger partial charge in [-0.05, 0) is 48.6 Å². The Morgan fingerprint density at radius 1 is 1.03 bits per heavy atom. The minimum atomic E-state index is -1.10. The van der Waals surface area contributed by atoms with Crippen molar-refractivity contribution >= 4 is 46.4 Å². The van der Waals surface area contributed by atoms with Crippen LogP contribution in [0.25, 0.3) is 28.6 Å². The fourth-order valence-corrected chi connectivity index (χ4v) is 3.93. The van der Waals surface area contributed by atoms with Crippen LogP contribution < -0.4 is 21.4 Å². The van der Waals surface area contributed by atoms with Crippen LogP contribution in [-0.4, -0.2) is 32.6 Å². The lowest BCUT2D eigenvalue weighted by Gasteiger charge is -2.00. The maximum Gasteiger partial charge on any atom is 0.335 e. The molecule has 2 aromatic heterocycles. The molecule has 0 bridgehead atoms. The molecule has 33 heavy (non-hydrogen) atoms. The number of hydrogen-bond acceptors (Lipinski definition) is 5. The van der Waals surface area contributed by atoms with Crippen LogP contribution in [0.3, 0.4) is 0 Å². The SMILES string of the molecule is CC(=O)n1c(O)c(/C=c2/cc/c(=C\C3=c4cc(C(=O)O)ccc4=NC3=O)o2)c2ccccc21. The van der Waals surface area contributed by atoms with Crippen molar-refractivity contribution in [2.24, 2.45) is 4.99 Å². The highest BCUT2D eigenvalue weighted by molar-refractivity contribution is 6.25. The third-order valence-electron chi connectivity index (χ3n) is 5.41. The highest BCUT2D eigenvalue weighted by Gasteiger charge is 2.18. The van der Waals surface area contributed by atoms with Gasteiger partial charge in [0.2, 0.25) is 11.8 Å². The summed E-state index contributed by atoms with van der Waals surface area (Å²) in [6, 6.07) is 14.7. The summed E-state index contributed by atoms with van der Waals surface area (Å²) in [4.78, 5) is 39.6. The smallest absolute Gasteiger partial charge is 0.335 e. The van der Waals surface area contributed by atoms with Crippen molar-refractivity contribution in [2.75, 3.05) is 0 Å². The summed E-state index contributed by atoms with van der Waals surface area (Å²) in [6.07, 6.45) is 3.11. The van der Waals surface area contributed by atoms with E-state index >= 15 is 0 Å². The van der Waals surface area contributed by atoms with Gasteiger partial charge in [0.15, 0.2) is 0 Å². The maximum absolute atomic E-state index is 12.4. The summed E-state index contributed by atoms with van der Waals surface area (Å²) < 4.78 is 7.04. The topological polar surface area (TPSA) is 122 Å². The average molecular weight is 440 g/mol. The summed E-state index contributed by atoms with van der Waals surface area (Å²) in [5.74, 6) is -2.11. The second-order valence-corrected chi connectivity index (χ2v) is 7.51. The number of carbonyl (C=O) groups excluding carboxylic acids is 2. The lowest BCUT2D eigenvalue weighted by atomic mass is 10.1. The van der Waals surface area contributed by atoms with Crippen molar-refractivity contribution in [3.8, 4) is 5.88 Å². The molecule has 4 aromatic rings. The van der Waals surface area contributed by atoms with Gasteiger partial charge in [-0.1, -0.05) is 18.2 Å². The molecule has 0 unspecified atom stereocenters. The number of rotatable bonds is 3. The molecule has 0 saturated heterocycles. The fraction of sp³-hybridized carbons (Fsp3) is 0.0400. The number of carboxylic acid groups (broad SMARTS) is 1. The Labute approximate surface area is 185 Å². The van der Waals surface area contributed by atoms with Gasteiger partial charge in [0.1, 0.15) is 10.8 Å². The van der Waals surface area contributed by atoms with E-state index in [4.69, 9.17) is 4.42 Å². The standard InChI is InChI=1S/C25H16N2O6/c1-13(28)27-22-5-3-2-4-17(22)20(24(27)30)12-16-8-7-15(33-16)11-19-18-10-14(25(31)32)6-9-21(18)26-23(19)29/h2-12,30H,1H3,(H,31,32)/b15-11+,16-12-. The van der Waals surface area contributed by atoms with E-state index in [1.807, 2.05) is 0 Å². The number of aromatic nitrogens is 1. The molecule has 8 nitrogen and oxygen atoms in total. The van der Waals surface area contributed by atoms with E-state index in [2.05, 4.69) is 4.99 Å². The predicted molar refractivity (Wildman–Crippen MR) is 118 cm³/mol. The first-order valence-corrected chi connectivity index (χ1v) is 9.97. The lowest BCUT2D eigenvalue weighted by Crippen LogP contribution is -2.24. The molecule has 8 heteroatoms. The number of amides is 1. The number of fused-ring (bicyclic) bond motifs is 2. The van der Waals surface area contributed by atoms with Gasteiger partial charge in [0.05, 0.1) is 22.0 Å². The lowest BCUT2D eigenvalue weighted by molar-refractivity contribution is -0.112. The van der Waals surface area contributed by atoms with Crippen molar-refractivity contribution in [1.29, 1.82) is 0 Å². The van der Waals surface area contributed by atoms with E-state index in [1.165, 1.54) is 35.8 Å². The second-order valence-electron chi connectivity index (χ2n) is 7.51. The molecule has 162 valence electrons. The minimum Gasteiger partial charge on any atom is -0.494 e. The highest BCUT2D eigenvalue weighted by Crippen LogP contribution is 2.31. The molecule has 2 N–H and O–H groups in total. The van der Waals surface area contributed by atoms with Gasteiger partial charge in [-0.2, -0.15) is 0 Å². The molecule has 0 saturated carbocycles. The number of carbonyl (C=O) groups is 3. The zero-order valence-corrected chi connectivity index (χ0v) is 17.3. The van der Waals surface area contributed by atoms with Crippen molar-refractivity contribution < 1.29 is 29.0 Å². The molecule has 0 atom stereocenters. The zero-order chi connectivity index (χ0) is 23.3. The third kappa shape index (κ3) is 3.34. The molecule has 0 radical (unpaired) electrons. The number of carboxylic acids is 1. The van der Waals surface area contributed by atoms with Gasteiger partial charge in [-0.3, -0.25) is 14.2 Å². The summed E-state index contributed by atoms with van der Waals surface area (Å²) in [5, 5.41) is 21.4. The molecule has 1 amide bonds. The summed E-state index contributed by atoms with van der Waals surface area (Å²) in [7, 11) is 0. The Morgan fingerprint density at radius 2 is 1.76 bits per heavy atom. The Morgan fingerprint density at radius 3 is 2.48 bits per heavy atom. The molecule has 1 aliphatic heterocycles. The minimum absolute atomic E-state index is 0.0513. The number of benzene rings is 2. The van der Waals surface area contributed by atoms with Crippen LogP contribution in [0, 0.1) is 0 Å². The van der Waals surface area contributed by atoms with Crippen molar-refractivity contribution in [1.82, 2.24) is 4.57 Å². The maximum atomic E-state index is 12.4. The van der Waals surface area contributed by atoms with Gasteiger partial charge < -0.3 is 14.6 Å². The van der Waals surface area contributed by atoms with E-state index in [9.17, 15) is 24.6 Å². The summed E-state index contributed by atoms with van der Waals surface area (Å²) in [5.41, 5.74) is 2.03. The number of hydrogen-bond donors (Lipinski definition) is 2. The van der Waals surface area contributed by atoms with Crippen molar-refractivity contribution in [3.05, 3.63) is 87.1 Å². The Balaban J connectivity index is 1.67. The van der Waals surface area contributed by atoms with E-state index in [1.54, 1.807) is 42.5 Å². The Hall–Kier alpha value is -4.72. The number of para-hydroxylation sites is 1. The van der Waals surface area contributed by atoms with Crippen LogP contribution in [0.15, 0.2) is 64.0 Å². The van der Waals surface area contributed by atoms with Crippen molar-refractivity contribution in [3.63, 3.8) is 0 Å². The largest absolute Gasteiger partial charge is 0.494 e. The van der Waals surface area contributed by atoms with Crippen LogP contribution in [0.1, 0.15) is 27.6 Å². The van der Waals surface area contributed by atoms with E-state index < -0.39 is 11.9 Å². The summed E-state index contributed by atoms with van der Waals surface area (Å²) >= 11 is 0. The fourth-order valence-electron chi connectivity index (χ4n) is 3.93. The molecular weight excluding hydrogens is 424 g/mol. The molecule has 5 rings (SSSR count). The predicted octanol–water partition coefficient (Wildman–Crippen LogP) is 0.918. The Bertz CT molecular complexity index is 1750. The molecule has 2 aromatic carbocycles. The third-order valence-corrected chi connectivity index (χ3v) is 5.41. The van der Waals surface area contributed by atoms with Crippen LogP contribution in [0.2, 0.25) is 0 Å². The van der Waals surface area contributed by atoms with Crippen LogP contribution >= 0.6 is 0 Å². The number of furan rings is 1. The van der Waals surface area contributed by atoms with E-state index in [0.29, 0.717) is 37.9 Å². The van der Waals surface area contributed by atoms with Crippen LogP contribution in [0.4, 0.5) is 0 Å². The zero-order valence-electron chi connectivity index (χ0n) is 17.3.